The van der Waals surface area contributed by atoms with E-state index in [0.29, 0.717) is 12.6 Å². The van der Waals surface area contributed by atoms with Gasteiger partial charge in [0.25, 0.3) is 0 Å². The number of rotatable bonds is 7. The maximum atomic E-state index is 13.1. The Hall–Kier alpha value is -2.89. The molecule has 1 unspecified atom stereocenters. The molecule has 2 aromatic rings. The van der Waals surface area contributed by atoms with Gasteiger partial charge in [-0.15, -0.1) is 0 Å². The Labute approximate surface area is 184 Å². The largest absolute Gasteiger partial charge is 0.497 e. The van der Waals surface area contributed by atoms with E-state index in [1.54, 1.807) is 14.2 Å². The lowest BCUT2D eigenvalue weighted by molar-refractivity contribution is 0.190. The molecule has 2 fully saturated rings. The zero-order valence-corrected chi connectivity index (χ0v) is 18.4. The number of hydrogen-bond acceptors (Lipinski definition) is 4. The second-order valence-electron chi connectivity index (χ2n) is 8.25. The fraction of sp³-hybridized carbons (Fsp3) is 0.480. The normalized spacial score (nSPS) is 18.8. The molecule has 2 amide bonds. The summed E-state index contributed by atoms with van der Waals surface area (Å²) in [5.41, 5.74) is 2.03. The van der Waals surface area contributed by atoms with Crippen molar-refractivity contribution in [3.8, 4) is 17.2 Å². The smallest absolute Gasteiger partial charge is 0.318 e. The highest BCUT2D eigenvalue weighted by atomic mass is 16.5. The lowest BCUT2D eigenvalue weighted by Crippen LogP contribution is -2.39. The lowest BCUT2D eigenvalue weighted by atomic mass is 10.0. The number of amides is 2. The third kappa shape index (κ3) is 4.89. The minimum atomic E-state index is -0.0592. The Kier molecular flexibility index (Phi) is 6.85. The first-order valence-electron chi connectivity index (χ1n) is 11.2. The first-order chi connectivity index (χ1) is 15.2. The van der Waals surface area contributed by atoms with E-state index in [1.165, 1.54) is 12.8 Å². The van der Waals surface area contributed by atoms with Crippen LogP contribution in [0.3, 0.4) is 0 Å². The molecule has 2 aliphatic rings. The molecule has 1 aliphatic carbocycles. The van der Waals surface area contributed by atoms with Crippen LogP contribution in [0.15, 0.2) is 42.5 Å². The van der Waals surface area contributed by atoms with Crippen molar-refractivity contribution in [3.05, 3.63) is 53.6 Å². The maximum absolute atomic E-state index is 13.1. The first-order valence-corrected chi connectivity index (χ1v) is 11.2. The van der Waals surface area contributed by atoms with E-state index in [0.717, 1.165) is 60.6 Å². The summed E-state index contributed by atoms with van der Waals surface area (Å²) < 4.78 is 17.1. The van der Waals surface area contributed by atoms with Gasteiger partial charge in [-0.25, -0.2) is 4.79 Å². The number of carbonyl (C=O) groups excluding carboxylic acids is 1. The summed E-state index contributed by atoms with van der Waals surface area (Å²) in [5.74, 6) is 2.37. The fourth-order valence-corrected chi connectivity index (χ4v) is 4.65. The maximum Gasteiger partial charge on any atom is 0.318 e. The summed E-state index contributed by atoms with van der Waals surface area (Å²) in [5, 5.41) is 3.11. The molecular formula is C25H32N2O4. The van der Waals surface area contributed by atoms with E-state index in [-0.39, 0.29) is 12.1 Å². The van der Waals surface area contributed by atoms with Crippen molar-refractivity contribution in [1.82, 2.24) is 10.2 Å². The molecule has 0 radical (unpaired) electrons. The van der Waals surface area contributed by atoms with Crippen molar-refractivity contribution in [2.24, 2.45) is 0 Å². The molecule has 0 spiro atoms. The van der Waals surface area contributed by atoms with Crippen LogP contribution < -0.4 is 19.5 Å². The Balaban J connectivity index is 1.43. The summed E-state index contributed by atoms with van der Waals surface area (Å²) >= 11 is 0. The minimum Gasteiger partial charge on any atom is -0.497 e. The van der Waals surface area contributed by atoms with E-state index < -0.39 is 0 Å². The average Bonchev–Trinajstić information content (AvgIpc) is 3.50. The van der Waals surface area contributed by atoms with E-state index in [4.69, 9.17) is 14.2 Å². The molecule has 1 saturated heterocycles. The molecule has 6 heteroatoms. The van der Waals surface area contributed by atoms with Crippen LogP contribution in [0, 0.1) is 0 Å². The van der Waals surface area contributed by atoms with Crippen LogP contribution >= 0.6 is 0 Å². The predicted octanol–water partition coefficient (Wildman–Crippen LogP) is 5.07. The summed E-state index contributed by atoms with van der Waals surface area (Å²) in [7, 11) is 3.29. The number of urea groups is 1. The molecule has 1 heterocycles. The Morgan fingerprint density at radius 3 is 2.58 bits per heavy atom. The van der Waals surface area contributed by atoms with Gasteiger partial charge in [0.15, 0.2) is 0 Å². The van der Waals surface area contributed by atoms with Crippen molar-refractivity contribution in [1.29, 1.82) is 0 Å². The second-order valence-corrected chi connectivity index (χ2v) is 8.25. The number of nitrogens with one attached hydrogen (secondary N) is 1. The first kappa shape index (κ1) is 21.3. The van der Waals surface area contributed by atoms with Crippen LogP contribution in [-0.2, 0) is 6.54 Å². The van der Waals surface area contributed by atoms with Crippen molar-refractivity contribution in [2.45, 2.75) is 57.2 Å². The second kappa shape index (κ2) is 9.94. The summed E-state index contributed by atoms with van der Waals surface area (Å²) in [6.07, 6.45) is 6.86. The Bertz CT molecular complexity index is 895. The van der Waals surface area contributed by atoms with Crippen molar-refractivity contribution >= 4 is 6.03 Å². The topological polar surface area (TPSA) is 60.0 Å². The number of hydrogen-bond donors (Lipinski definition) is 1. The van der Waals surface area contributed by atoms with Gasteiger partial charge in [0.2, 0.25) is 0 Å². The van der Waals surface area contributed by atoms with Gasteiger partial charge in [0.05, 0.1) is 26.4 Å². The van der Waals surface area contributed by atoms with Gasteiger partial charge in [-0.05, 0) is 56.7 Å². The fourth-order valence-electron chi connectivity index (χ4n) is 4.65. The number of para-hydroxylation sites is 1. The van der Waals surface area contributed by atoms with Crippen LogP contribution in [0.4, 0.5) is 4.79 Å². The van der Waals surface area contributed by atoms with Gasteiger partial charge >= 0.3 is 6.03 Å². The van der Waals surface area contributed by atoms with Gasteiger partial charge in [0.1, 0.15) is 17.2 Å². The molecule has 1 saturated carbocycles. The lowest BCUT2D eigenvalue weighted by Gasteiger charge is -2.27. The zero-order valence-electron chi connectivity index (χ0n) is 18.4. The number of benzene rings is 2. The highest BCUT2D eigenvalue weighted by Crippen LogP contribution is 2.38. The SMILES string of the molecule is COc1ccc(C2CCCN2C(=O)NCc2ccccc2OC2CCCC2)c(OC)c1. The van der Waals surface area contributed by atoms with E-state index >= 15 is 0 Å². The molecule has 4 rings (SSSR count). The van der Waals surface area contributed by atoms with Crippen molar-refractivity contribution in [2.75, 3.05) is 20.8 Å². The Morgan fingerprint density at radius 2 is 1.81 bits per heavy atom. The number of likely N-dealkylation sites (tertiary alicyclic amines) is 1. The van der Waals surface area contributed by atoms with Crippen LogP contribution in [0.5, 0.6) is 17.2 Å². The average molecular weight is 425 g/mol. The van der Waals surface area contributed by atoms with E-state index in [9.17, 15) is 4.79 Å². The number of carbonyl (C=O) groups is 1. The van der Waals surface area contributed by atoms with Crippen molar-refractivity contribution < 1.29 is 19.0 Å². The molecule has 2 aromatic carbocycles. The molecule has 0 aromatic heterocycles. The third-order valence-corrected chi connectivity index (χ3v) is 6.31. The molecule has 0 bridgehead atoms. The van der Waals surface area contributed by atoms with Gasteiger partial charge in [-0.2, -0.15) is 0 Å². The van der Waals surface area contributed by atoms with Gasteiger partial charge < -0.3 is 24.4 Å². The number of nitrogens with zero attached hydrogens (tertiary/aromatic N) is 1. The van der Waals surface area contributed by atoms with Crippen LogP contribution in [0.2, 0.25) is 0 Å². The van der Waals surface area contributed by atoms with Crippen LogP contribution in [0.1, 0.15) is 55.7 Å². The van der Waals surface area contributed by atoms with E-state index in [2.05, 4.69) is 5.32 Å². The molecule has 1 atom stereocenters. The molecule has 1 aliphatic heterocycles. The number of methoxy groups -OCH3 is 2. The quantitative estimate of drug-likeness (QED) is 0.674. The minimum absolute atomic E-state index is 0.00848. The van der Waals surface area contributed by atoms with Crippen molar-refractivity contribution in [3.63, 3.8) is 0 Å². The zero-order chi connectivity index (χ0) is 21.6. The highest BCUT2D eigenvalue weighted by Gasteiger charge is 2.32. The van der Waals surface area contributed by atoms with Gasteiger partial charge in [-0.3, -0.25) is 0 Å². The van der Waals surface area contributed by atoms with Crippen LogP contribution in [0.25, 0.3) is 0 Å². The number of ether oxygens (including phenoxy) is 3. The molecule has 6 nitrogen and oxygen atoms in total. The monoisotopic (exact) mass is 424 g/mol. The predicted molar refractivity (Wildman–Crippen MR) is 120 cm³/mol. The summed E-state index contributed by atoms with van der Waals surface area (Å²) in [6, 6.07) is 13.7. The molecule has 166 valence electrons. The highest BCUT2D eigenvalue weighted by molar-refractivity contribution is 5.75. The molecule has 1 N–H and O–H groups in total. The standard InChI is InChI=1S/C25H32N2O4/c1-29-20-13-14-21(24(16-20)30-2)22-11-7-15-27(22)25(28)26-17-18-8-3-6-12-23(18)31-19-9-4-5-10-19/h3,6,8,12-14,16,19,22H,4-5,7,9-11,15,17H2,1-2H3,(H,26,28). The summed E-state index contributed by atoms with van der Waals surface area (Å²) in [4.78, 5) is 15.0. The molecular weight excluding hydrogens is 392 g/mol. The van der Waals surface area contributed by atoms with E-state index in [1.807, 2.05) is 47.4 Å². The van der Waals surface area contributed by atoms with Crippen LogP contribution in [-0.4, -0.2) is 37.8 Å². The Morgan fingerprint density at radius 1 is 1.00 bits per heavy atom. The molecule has 31 heavy (non-hydrogen) atoms. The third-order valence-electron chi connectivity index (χ3n) is 6.31. The van der Waals surface area contributed by atoms with Gasteiger partial charge in [-0.1, -0.05) is 18.2 Å². The van der Waals surface area contributed by atoms with Gasteiger partial charge in [0, 0.05) is 30.3 Å². The summed E-state index contributed by atoms with van der Waals surface area (Å²) in [6.45, 7) is 1.18.